The second-order valence-electron chi connectivity index (χ2n) is 12.5. The maximum Gasteiger partial charge on any atom is 0.326 e. The van der Waals surface area contributed by atoms with Crippen LogP contribution in [0.25, 0.3) is 0 Å². The minimum atomic E-state index is -1.64. The molecule has 0 spiro atoms. The summed E-state index contributed by atoms with van der Waals surface area (Å²) < 4.78 is 0. The van der Waals surface area contributed by atoms with Gasteiger partial charge in [0, 0.05) is 25.9 Å². The van der Waals surface area contributed by atoms with Crippen molar-refractivity contribution in [3.05, 3.63) is 35.9 Å². The number of likely N-dealkylation sites (tertiary alicyclic amines) is 2. The average molecular weight is 717 g/mol. The van der Waals surface area contributed by atoms with Crippen molar-refractivity contribution >= 4 is 53.3 Å². The third-order valence-electron chi connectivity index (χ3n) is 8.61. The van der Waals surface area contributed by atoms with Gasteiger partial charge in [0.05, 0.1) is 18.9 Å². The lowest BCUT2D eigenvalue weighted by atomic mass is 10.0. The van der Waals surface area contributed by atoms with Crippen LogP contribution in [0.3, 0.4) is 0 Å². The molecule has 11 N–H and O–H groups in total. The summed E-state index contributed by atoms with van der Waals surface area (Å²) in [6, 6.07) is 0.508. The van der Waals surface area contributed by atoms with E-state index < -0.39 is 115 Å². The van der Waals surface area contributed by atoms with Gasteiger partial charge in [0.1, 0.15) is 30.2 Å². The van der Waals surface area contributed by atoms with E-state index >= 15 is 0 Å². The van der Waals surface area contributed by atoms with Crippen LogP contribution in [-0.4, -0.2) is 123 Å². The van der Waals surface area contributed by atoms with E-state index in [1.165, 1.54) is 0 Å². The van der Waals surface area contributed by atoms with E-state index in [9.17, 15) is 53.4 Å². The Morgan fingerprint density at radius 1 is 0.725 bits per heavy atom. The number of rotatable bonds is 18. The molecule has 7 amide bonds. The van der Waals surface area contributed by atoms with E-state index in [1.807, 2.05) is 0 Å². The molecule has 51 heavy (non-hydrogen) atoms. The van der Waals surface area contributed by atoms with Gasteiger partial charge in [-0.3, -0.25) is 38.4 Å². The second-order valence-corrected chi connectivity index (χ2v) is 12.5. The molecule has 6 atom stereocenters. The maximum atomic E-state index is 13.8. The van der Waals surface area contributed by atoms with E-state index in [0.29, 0.717) is 18.4 Å². The number of nitrogens with zero attached hydrogens (tertiary/aromatic N) is 2. The number of hydrogen-bond acceptors (Lipinski definition) is 10. The first-order valence-corrected chi connectivity index (χ1v) is 16.4. The number of aliphatic carboxylic acids is 2. The average Bonchev–Trinajstić information content (AvgIpc) is 3.76. The molecule has 1 aromatic carbocycles. The summed E-state index contributed by atoms with van der Waals surface area (Å²) in [6.07, 6.45) is -1.19. The molecular formula is C32H44N8O11. The lowest BCUT2D eigenvalue weighted by Gasteiger charge is -2.30. The molecule has 2 heterocycles. The SMILES string of the molecule is NC(=O)C[C@H](NC(=O)[C@H](CCC(=O)O)NC(=O)[C@@H]1CCCN1C(=O)[C@@H](N)CC(N)=O)C(=O)N1CCC[C@H]1C(=O)N[C@@H](Cc1ccccc1)C(=O)O. The molecular weight excluding hydrogens is 672 g/mol. The zero-order valence-electron chi connectivity index (χ0n) is 27.8. The summed E-state index contributed by atoms with van der Waals surface area (Å²) in [5.74, 6) is -8.65. The fourth-order valence-corrected chi connectivity index (χ4v) is 6.12. The van der Waals surface area contributed by atoms with Crippen LogP contribution in [0.1, 0.15) is 56.9 Å². The number of benzene rings is 1. The van der Waals surface area contributed by atoms with Crippen LogP contribution in [-0.2, 0) is 49.6 Å². The van der Waals surface area contributed by atoms with Gasteiger partial charge >= 0.3 is 11.9 Å². The number of amides is 7. The summed E-state index contributed by atoms with van der Waals surface area (Å²) in [5, 5.41) is 26.3. The normalized spacial score (nSPS) is 19.2. The van der Waals surface area contributed by atoms with Gasteiger partial charge in [-0.25, -0.2) is 4.79 Å². The van der Waals surface area contributed by atoms with E-state index in [4.69, 9.17) is 17.2 Å². The summed E-state index contributed by atoms with van der Waals surface area (Å²) in [5.41, 5.74) is 16.9. The molecule has 2 aliphatic heterocycles. The Morgan fingerprint density at radius 2 is 1.25 bits per heavy atom. The number of carboxylic acid groups (broad SMARTS) is 2. The highest BCUT2D eigenvalue weighted by Gasteiger charge is 2.41. The van der Waals surface area contributed by atoms with E-state index in [1.54, 1.807) is 30.3 Å². The quantitative estimate of drug-likeness (QED) is 0.0741. The monoisotopic (exact) mass is 716 g/mol. The van der Waals surface area contributed by atoms with Crippen molar-refractivity contribution < 1.29 is 53.4 Å². The van der Waals surface area contributed by atoms with Gasteiger partial charge in [-0.1, -0.05) is 30.3 Å². The first-order valence-electron chi connectivity index (χ1n) is 16.4. The molecule has 0 bridgehead atoms. The van der Waals surface area contributed by atoms with Gasteiger partial charge in [0.15, 0.2) is 0 Å². The fraction of sp³-hybridized carbons (Fsp3) is 0.531. The molecule has 278 valence electrons. The number of nitrogens with two attached hydrogens (primary N) is 3. The van der Waals surface area contributed by atoms with Gasteiger partial charge in [0.25, 0.3) is 0 Å². The predicted octanol–water partition coefficient (Wildman–Crippen LogP) is -3.31. The minimum Gasteiger partial charge on any atom is -0.481 e. The highest BCUT2D eigenvalue weighted by molar-refractivity contribution is 5.98. The Morgan fingerprint density at radius 3 is 1.76 bits per heavy atom. The Balaban J connectivity index is 1.76. The Bertz CT molecular complexity index is 1510. The van der Waals surface area contributed by atoms with Crippen LogP contribution in [0.15, 0.2) is 30.3 Å². The van der Waals surface area contributed by atoms with Gasteiger partial charge in [-0.15, -0.1) is 0 Å². The van der Waals surface area contributed by atoms with Crippen LogP contribution in [0.2, 0.25) is 0 Å². The van der Waals surface area contributed by atoms with Crippen molar-refractivity contribution in [2.45, 2.75) is 94.0 Å². The molecule has 3 rings (SSSR count). The number of carbonyl (C=O) groups excluding carboxylic acids is 7. The summed E-state index contributed by atoms with van der Waals surface area (Å²) in [7, 11) is 0. The molecule has 2 saturated heterocycles. The fourth-order valence-electron chi connectivity index (χ4n) is 6.12. The highest BCUT2D eigenvalue weighted by atomic mass is 16.4. The van der Waals surface area contributed by atoms with Gasteiger partial charge in [-0.05, 0) is 37.7 Å². The number of carbonyl (C=O) groups is 9. The molecule has 2 aliphatic rings. The van der Waals surface area contributed by atoms with Crippen molar-refractivity contribution in [1.29, 1.82) is 0 Å². The van der Waals surface area contributed by atoms with Gasteiger partial charge < -0.3 is 53.2 Å². The Labute approximate surface area is 292 Å². The van der Waals surface area contributed by atoms with Crippen molar-refractivity contribution in [2.75, 3.05) is 13.1 Å². The van der Waals surface area contributed by atoms with E-state index in [2.05, 4.69) is 16.0 Å². The lowest BCUT2D eigenvalue weighted by Crippen LogP contribution is -2.59. The zero-order valence-corrected chi connectivity index (χ0v) is 27.8. The van der Waals surface area contributed by atoms with Crippen molar-refractivity contribution in [3.8, 4) is 0 Å². The molecule has 0 aromatic heterocycles. The zero-order chi connectivity index (χ0) is 37.8. The highest BCUT2D eigenvalue weighted by Crippen LogP contribution is 2.21. The van der Waals surface area contributed by atoms with Gasteiger partial charge in [-0.2, -0.15) is 0 Å². The van der Waals surface area contributed by atoms with Crippen molar-refractivity contribution in [2.24, 2.45) is 17.2 Å². The van der Waals surface area contributed by atoms with Crippen LogP contribution in [0.4, 0.5) is 0 Å². The van der Waals surface area contributed by atoms with Crippen molar-refractivity contribution in [3.63, 3.8) is 0 Å². The maximum absolute atomic E-state index is 13.8. The molecule has 0 saturated carbocycles. The van der Waals surface area contributed by atoms with E-state index in [0.717, 1.165) is 9.80 Å². The number of carboxylic acids is 2. The molecule has 19 nitrogen and oxygen atoms in total. The molecule has 0 radical (unpaired) electrons. The third kappa shape index (κ3) is 11.5. The number of primary amides is 2. The first kappa shape index (κ1) is 39.8. The predicted molar refractivity (Wildman–Crippen MR) is 176 cm³/mol. The smallest absolute Gasteiger partial charge is 0.326 e. The van der Waals surface area contributed by atoms with Crippen LogP contribution >= 0.6 is 0 Å². The number of hydrogen-bond donors (Lipinski definition) is 8. The summed E-state index contributed by atoms with van der Waals surface area (Å²) in [6.45, 7) is 0.149. The van der Waals surface area contributed by atoms with Crippen LogP contribution in [0, 0.1) is 0 Å². The van der Waals surface area contributed by atoms with Crippen LogP contribution in [0.5, 0.6) is 0 Å². The Hall–Kier alpha value is -5.59. The largest absolute Gasteiger partial charge is 0.481 e. The lowest BCUT2D eigenvalue weighted by molar-refractivity contribution is -0.145. The molecule has 1 aromatic rings. The number of nitrogens with one attached hydrogen (secondary N) is 3. The van der Waals surface area contributed by atoms with Crippen molar-refractivity contribution in [1.82, 2.24) is 25.8 Å². The minimum absolute atomic E-state index is 0.0284. The molecule has 19 heteroatoms. The molecule has 0 unspecified atom stereocenters. The first-order chi connectivity index (χ1) is 24.1. The topological polar surface area (TPSA) is 315 Å². The van der Waals surface area contributed by atoms with Crippen LogP contribution < -0.4 is 33.2 Å². The Kier molecular flexibility index (Phi) is 14.4. The molecule has 0 aliphatic carbocycles. The van der Waals surface area contributed by atoms with Gasteiger partial charge in [0.2, 0.25) is 41.4 Å². The van der Waals surface area contributed by atoms with E-state index in [-0.39, 0.29) is 32.4 Å². The summed E-state index contributed by atoms with van der Waals surface area (Å²) >= 11 is 0. The standard InChI is InChI=1S/C32H44N8O11/c33-18(15-24(34)41)30(48)39-12-4-8-22(39)28(46)36-19(10-11-26(43)44)27(45)37-20(16-25(35)42)31(49)40-13-5-9-23(40)29(47)38-21(32(50)51)14-17-6-2-1-3-7-17/h1-3,6-7,18-23H,4-5,8-16,33H2,(H2,34,41)(H2,35,42)(H,36,46)(H,37,45)(H,38,47)(H,43,44)(H,50,51)/t18-,19-,20-,21-,22-,23-/m0/s1. The molecule has 2 fully saturated rings. The third-order valence-corrected chi connectivity index (χ3v) is 8.61. The summed E-state index contributed by atoms with van der Waals surface area (Å²) in [4.78, 5) is 116. The second kappa shape index (κ2) is 18.4.